The van der Waals surface area contributed by atoms with Crippen LogP contribution in [0, 0.1) is 0 Å². The standard InChI is InChI=1S/C19H21NO3/c21-19(17-4-2-1-3-5-17)14-16-6-8-18(9-7-16)23-15-20-10-12-22-13-11-20/h1-9H,10-15H2. The van der Waals surface area contributed by atoms with Gasteiger partial charge in [0.25, 0.3) is 0 Å². The van der Waals surface area contributed by atoms with E-state index in [4.69, 9.17) is 9.47 Å². The molecule has 0 unspecified atom stereocenters. The summed E-state index contributed by atoms with van der Waals surface area (Å²) in [5, 5.41) is 0. The van der Waals surface area contributed by atoms with Gasteiger partial charge in [0.05, 0.1) is 13.2 Å². The summed E-state index contributed by atoms with van der Waals surface area (Å²) in [7, 11) is 0. The molecule has 2 aromatic rings. The molecule has 1 aliphatic heterocycles. The summed E-state index contributed by atoms with van der Waals surface area (Å²) < 4.78 is 11.1. The van der Waals surface area contributed by atoms with E-state index in [-0.39, 0.29) is 5.78 Å². The van der Waals surface area contributed by atoms with Gasteiger partial charge >= 0.3 is 0 Å². The number of ether oxygens (including phenoxy) is 2. The number of morpholine rings is 1. The lowest BCUT2D eigenvalue weighted by Crippen LogP contribution is -2.38. The number of hydrogen-bond acceptors (Lipinski definition) is 4. The molecule has 4 nitrogen and oxygen atoms in total. The molecule has 2 aromatic carbocycles. The molecule has 0 amide bonds. The second-order valence-corrected chi connectivity index (χ2v) is 5.61. The Kier molecular flexibility index (Phi) is 5.40. The van der Waals surface area contributed by atoms with Crippen LogP contribution in [0.1, 0.15) is 15.9 Å². The van der Waals surface area contributed by atoms with Crippen LogP contribution in [0.15, 0.2) is 54.6 Å². The molecule has 1 saturated heterocycles. The molecular formula is C19H21NO3. The number of rotatable bonds is 6. The zero-order valence-corrected chi connectivity index (χ0v) is 13.1. The van der Waals surface area contributed by atoms with E-state index in [9.17, 15) is 4.79 Å². The number of carbonyl (C=O) groups excluding carboxylic acids is 1. The lowest BCUT2D eigenvalue weighted by Gasteiger charge is -2.26. The van der Waals surface area contributed by atoms with Gasteiger partial charge < -0.3 is 9.47 Å². The minimum absolute atomic E-state index is 0.132. The van der Waals surface area contributed by atoms with Crippen molar-refractivity contribution in [2.45, 2.75) is 6.42 Å². The van der Waals surface area contributed by atoms with E-state index in [1.807, 2.05) is 54.6 Å². The van der Waals surface area contributed by atoms with Crippen LogP contribution in [-0.2, 0) is 11.2 Å². The first-order chi connectivity index (χ1) is 11.3. The molecule has 23 heavy (non-hydrogen) atoms. The first-order valence-electron chi connectivity index (χ1n) is 7.91. The Morgan fingerprint density at radius 1 is 1.00 bits per heavy atom. The minimum atomic E-state index is 0.132. The molecule has 1 aliphatic rings. The van der Waals surface area contributed by atoms with E-state index in [0.717, 1.165) is 43.2 Å². The fourth-order valence-electron chi connectivity index (χ4n) is 2.51. The predicted octanol–water partition coefficient (Wildman–Crippen LogP) is 2.78. The Labute approximate surface area is 136 Å². The lowest BCUT2D eigenvalue weighted by atomic mass is 10.0. The van der Waals surface area contributed by atoms with Crippen LogP contribution in [0.4, 0.5) is 0 Å². The summed E-state index contributed by atoms with van der Waals surface area (Å²) in [6.07, 6.45) is 0.410. The van der Waals surface area contributed by atoms with Crippen LogP contribution >= 0.6 is 0 Å². The van der Waals surface area contributed by atoms with Gasteiger partial charge in [-0.15, -0.1) is 0 Å². The SMILES string of the molecule is O=C(Cc1ccc(OCN2CCOCC2)cc1)c1ccccc1. The first kappa shape index (κ1) is 15.7. The zero-order valence-electron chi connectivity index (χ0n) is 13.1. The summed E-state index contributed by atoms with van der Waals surface area (Å²) in [5.41, 5.74) is 1.75. The van der Waals surface area contributed by atoms with Gasteiger partial charge in [-0.05, 0) is 17.7 Å². The van der Waals surface area contributed by atoms with Crippen LogP contribution < -0.4 is 4.74 Å². The van der Waals surface area contributed by atoms with Gasteiger partial charge in [-0.3, -0.25) is 9.69 Å². The molecule has 0 aromatic heterocycles. The molecule has 0 bridgehead atoms. The highest BCUT2D eigenvalue weighted by atomic mass is 16.5. The van der Waals surface area contributed by atoms with Gasteiger partial charge in [-0.25, -0.2) is 0 Å². The summed E-state index contributed by atoms with van der Waals surface area (Å²) in [5.74, 6) is 0.958. The highest BCUT2D eigenvalue weighted by Crippen LogP contribution is 2.15. The molecule has 0 aliphatic carbocycles. The molecule has 3 rings (SSSR count). The molecule has 120 valence electrons. The average molecular weight is 311 g/mol. The molecule has 0 saturated carbocycles. The maximum atomic E-state index is 12.2. The van der Waals surface area contributed by atoms with Gasteiger partial charge in [0.2, 0.25) is 0 Å². The maximum Gasteiger partial charge on any atom is 0.167 e. The number of ketones is 1. The Bertz CT molecular complexity index is 619. The molecular weight excluding hydrogens is 290 g/mol. The number of benzene rings is 2. The normalized spacial score (nSPS) is 15.3. The quantitative estimate of drug-likeness (QED) is 0.769. The van der Waals surface area contributed by atoms with E-state index in [0.29, 0.717) is 13.2 Å². The Hall–Kier alpha value is -2.17. The minimum Gasteiger partial charge on any atom is -0.478 e. The third-order valence-corrected chi connectivity index (χ3v) is 3.90. The third-order valence-electron chi connectivity index (χ3n) is 3.90. The van der Waals surface area contributed by atoms with Gasteiger partial charge in [0.15, 0.2) is 5.78 Å². The zero-order chi connectivity index (χ0) is 15.9. The van der Waals surface area contributed by atoms with Crippen molar-refractivity contribution in [3.8, 4) is 5.75 Å². The van der Waals surface area contributed by atoms with Gasteiger partial charge in [0.1, 0.15) is 12.5 Å². The highest BCUT2D eigenvalue weighted by Gasteiger charge is 2.10. The van der Waals surface area contributed by atoms with Crippen LogP contribution in [0.25, 0.3) is 0 Å². The largest absolute Gasteiger partial charge is 0.478 e. The van der Waals surface area contributed by atoms with Gasteiger partial charge in [-0.1, -0.05) is 42.5 Å². The van der Waals surface area contributed by atoms with Crippen molar-refractivity contribution in [1.82, 2.24) is 4.90 Å². The molecule has 1 heterocycles. The first-order valence-corrected chi connectivity index (χ1v) is 7.91. The Morgan fingerprint density at radius 2 is 1.70 bits per heavy atom. The third kappa shape index (κ3) is 4.65. The number of hydrogen-bond donors (Lipinski definition) is 0. The Balaban J connectivity index is 1.51. The van der Waals surface area contributed by atoms with E-state index < -0.39 is 0 Å². The number of carbonyl (C=O) groups is 1. The second kappa shape index (κ2) is 7.90. The molecule has 0 spiro atoms. The van der Waals surface area contributed by atoms with E-state index in [2.05, 4.69) is 4.90 Å². The van der Waals surface area contributed by atoms with Crippen molar-refractivity contribution in [3.63, 3.8) is 0 Å². The smallest absolute Gasteiger partial charge is 0.167 e. The van der Waals surface area contributed by atoms with E-state index in [1.165, 1.54) is 0 Å². The lowest BCUT2D eigenvalue weighted by molar-refractivity contribution is 0.00407. The highest BCUT2D eigenvalue weighted by molar-refractivity contribution is 5.97. The van der Waals surface area contributed by atoms with E-state index >= 15 is 0 Å². The summed E-state index contributed by atoms with van der Waals surface area (Å²) in [6.45, 7) is 3.92. The van der Waals surface area contributed by atoms with Crippen LogP contribution in [0.2, 0.25) is 0 Å². The fraction of sp³-hybridized carbons (Fsp3) is 0.316. The van der Waals surface area contributed by atoms with E-state index in [1.54, 1.807) is 0 Å². The topological polar surface area (TPSA) is 38.8 Å². The van der Waals surface area contributed by atoms with Crippen molar-refractivity contribution in [1.29, 1.82) is 0 Å². The molecule has 0 radical (unpaired) electrons. The maximum absolute atomic E-state index is 12.2. The second-order valence-electron chi connectivity index (χ2n) is 5.61. The number of Topliss-reactive ketones (excluding diaryl/α,β-unsaturated/α-hetero) is 1. The molecule has 4 heteroatoms. The van der Waals surface area contributed by atoms with Crippen molar-refractivity contribution < 1.29 is 14.3 Å². The van der Waals surface area contributed by atoms with Crippen LogP contribution in [-0.4, -0.2) is 43.7 Å². The predicted molar refractivity (Wildman–Crippen MR) is 88.8 cm³/mol. The fourth-order valence-corrected chi connectivity index (χ4v) is 2.51. The summed E-state index contributed by atoms with van der Waals surface area (Å²) >= 11 is 0. The molecule has 1 fully saturated rings. The van der Waals surface area contributed by atoms with Gasteiger partial charge in [0, 0.05) is 25.1 Å². The molecule has 0 atom stereocenters. The molecule has 0 N–H and O–H groups in total. The van der Waals surface area contributed by atoms with Crippen LogP contribution in [0.3, 0.4) is 0 Å². The van der Waals surface area contributed by atoms with Crippen molar-refractivity contribution in [2.24, 2.45) is 0 Å². The van der Waals surface area contributed by atoms with Crippen molar-refractivity contribution in [3.05, 3.63) is 65.7 Å². The van der Waals surface area contributed by atoms with Crippen molar-refractivity contribution in [2.75, 3.05) is 33.0 Å². The summed E-state index contributed by atoms with van der Waals surface area (Å²) in [4.78, 5) is 14.4. The van der Waals surface area contributed by atoms with Crippen molar-refractivity contribution >= 4 is 5.78 Å². The number of nitrogens with zero attached hydrogens (tertiary/aromatic N) is 1. The van der Waals surface area contributed by atoms with Gasteiger partial charge in [-0.2, -0.15) is 0 Å². The monoisotopic (exact) mass is 311 g/mol. The summed E-state index contributed by atoms with van der Waals surface area (Å²) in [6, 6.07) is 17.1. The van der Waals surface area contributed by atoms with Crippen LogP contribution in [0.5, 0.6) is 5.75 Å². The average Bonchev–Trinajstić information content (AvgIpc) is 2.63. The Morgan fingerprint density at radius 3 is 2.39 bits per heavy atom.